The van der Waals surface area contributed by atoms with Crippen molar-refractivity contribution in [1.29, 1.82) is 0 Å². The van der Waals surface area contributed by atoms with Crippen LogP contribution in [0, 0.1) is 6.07 Å². The number of aromatic nitrogens is 4. The number of nitrogens with one attached hydrogen (secondary N) is 1. The highest BCUT2D eigenvalue weighted by atomic mass is 19.4. The normalized spacial score (nSPS) is 16.6. The topological polar surface area (TPSA) is 76.1 Å². The first-order valence-electron chi connectivity index (χ1n) is 10.6. The number of halogens is 3. The summed E-state index contributed by atoms with van der Waals surface area (Å²) in [6.07, 6.45) is 0.340. The Morgan fingerprint density at radius 3 is 2.82 bits per heavy atom. The highest BCUT2D eigenvalue weighted by Crippen LogP contribution is 2.35. The zero-order chi connectivity index (χ0) is 23.7. The molecule has 1 saturated heterocycles. The van der Waals surface area contributed by atoms with E-state index in [9.17, 15) is 13.2 Å². The third kappa shape index (κ3) is 4.24. The molecule has 1 radical (unpaired) electrons. The van der Waals surface area contributed by atoms with Gasteiger partial charge in [-0.2, -0.15) is 13.2 Å². The van der Waals surface area contributed by atoms with E-state index in [1.807, 2.05) is 24.3 Å². The fraction of sp³-hybridized carbons (Fsp3) is 0.250. The summed E-state index contributed by atoms with van der Waals surface area (Å²) in [6.45, 7) is 0.243. The van der Waals surface area contributed by atoms with Gasteiger partial charge in [0.05, 0.1) is 36.1 Å². The summed E-state index contributed by atoms with van der Waals surface area (Å²) in [5.41, 5.74) is 2.65. The second-order valence-electron chi connectivity index (χ2n) is 7.81. The molecule has 5 rings (SSSR count). The van der Waals surface area contributed by atoms with Crippen LogP contribution < -0.4 is 15.0 Å². The maximum Gasteiger partial charge on any atom is 0.405 e. The molecular weight excluding hydrogens is 445 g/mol. The van der Waals surface area contributed by atoms with Gasteiger partial charge in [0.1, 0.15) is 17.6 Å². The molecule has 1 aromatic carbocycles. The van der Waals surface area contributed by atoms with E-state index in [4.69, 9.17) is 9.72 Å². The maximum absolute atomic E-state index is 13.5. The van der Waals surface area contributed by atoms with Gasteiger partial charge in [0.15, 0.2) is 5.82 Å². The lowest BCUT2D eigenvalue weighted by molar-refractivity contribution is -0.155. The molecule has 0 aliphatic carbocycles. The number of rotatable bonds is 4. The first-order valence-corrected chi connectivity index (χ1v) is 10.6. The minimum Gasteiger partial charge on any atom is -0.494 e. The van der Waals surface area contributed by atoms with E-state index >= 15 is 0 Å². The Bertz CT molecular complexity index is 1320. The molecule has 10 heteroatoms. The Labute approximate surface area is 193 Å². The second-order valence-corrected chi connectivity index (χ2v) is 7.81. The molecule has 0 bridgehead atoms. The number of hydrogen-bond donors (Lipinski definition) is 1. The quantitative estimate of drug-likeness (QED) is 0.490. The predicted molar refractivity (Wildman–Crippen MR) is 121 cm³/mol. The number of fused-ring (bicyclic) bond motifs is 1. The Kier molecular flexibility index (Phi) is 5.74. The molecule has 0 spiro atoms. The smallest absolute Gasteiger partial charge is 0.405 e. The Balaban J connectivity index is 1.64. The molecule has 7 nitrogen and oxygen atoms in total. The SMILES string of the molecule is COc1cncc2nc(-c3ccnc(-c4[c]cccc4)c3)nc(N3CCNC(C(F)(F)F)C3)c12. The molecule has 173 valence electrons. The third-order valence-corrected chi connectivity index (χ3v) is 5.65. The Hall–Kier alpha value is -3.79. The van der Waals surface area contributed by atoms with Crippen molar-refractivity contribution in [3.63, 3.8) is 0 Å². The van der Waals surface area contributed by atoms with Gasteiger partial charge in [0, 0.05) is 37.0 Å². The average Bonchev–Trinajstić information content (AvgIpc) is 2.88. The number of alkyl halides is 3. The standard InChI is InChI=1S/C24H20F3N6O/c1-34-19-13-28-12-18-21(19)23(33-10-9-30-20(14-33)24(25,26)27)32-22(31-18)16-7-8-29-17(11-16)15-5-3-2-4-6-15/h2-5,7-8,11-13,20,30H,9-10,14H2,1H3. The van der Waals surface area contributed by atoms with Crippen LogP contribution in [0.25, 0.3) is 33.5 Å². The fourth-order valence-corrected chi connectivity index (χ4v) is 3.98. The fourth-order valence-electron chi connectivity index (χ4n) is 3.98. The molecule has 1 unspecified atom stereocenters. The minimum absolute atomic E-state index is 0.168. The number of pyridine rings is 2. The van der Waals surface area contributed by atoms with Crippen LogP contribution in [0.4, 0.5) is 19.0 Å². The summed E-state index contributed by atoms with van der Waals surface area (Å²) < 4.78 is 45.9. The molecule has 1 atom stereocenters. The average molecular weight is 465 g/mol. The molecule has 4 heterocycles. The van der Waals surface area contributed by atoms with Gasteiger partial charge in [0.2, 0.25) is 0 Å². The number of nitrogens with zero attached hydrogens (tertiary/aromatic N) is 5. The Morgan fingerprint density at radius 2 is 2.06 bits per heavy atom. The zero-order valence-corrected chi connectivity index (χ0v) is 18.2. The van der Waals surface area contributed by atoms with Crippen molar-refractivity contribution in [2.24, 2.45) is 0 Å². The lowest BCUT2D eigenvalue weighted by Crippen LogP contribution is -2.57. The van der Waals surface area contributed by atoms with Gasteiger partial charge in [-0.25, -0.2) is 9.97 Å². The van der Waals surface area contributed by atoms with Crippen molar-refractivity contribution in [1.82, 2.24) is 25.3 Å². The monoisotopic (exact) mass is 465 g/mol. The molecular formula is C24H20F3N6O. The van der Waals surface area contributed by atoms with E-state index < -0.39 is 12.2 Å². The third-order valence-electron chi connectivity index (χ3n) is 5.65. The van der Waals surface area contributed by atoms with Crippen LogP contribution in [0.5, 0.6) is 5.75 Å². The van der Waals surface area contributed by atoms with Crippen LogP contribution in [-0.4, -0.2) is 58.9 Å². The van der Waals surface area contributed by atoms with Crippen molar-refractivity contribution < 1.29 is 17.9 Å². The Morgan fingerprint density at radius 1 is 1.18 bits per heavy atom. The first-order chi connectivity index (χ1) is 16.4. The van der Waals surface area contributed by atoms with Crippen molar-refractivity contribution in [3.05, 3.63) is 61.1 Å². The maximum atomic E-state index is 13.5. The highest BCUT2D eigenvalue weighted by molar-refractivity contribution is 5.95. The van der Waals surface area contributed by atoms with Crippen LogP contribution in [-0.2, 0) is 0 Å². The summed E-state index contributed by atoms with van der Waals surface area (Å²) >= 11 is 0. The van der Waals surface area contributed by atoms with Crippen molar-refractivity contribution in [2.75, 3.05) is 31.6 Å². The largest absolute Gasteiger partial charge is 0.494 e. The van der Waals surface area contributed by atoms with Crippen molar-refractivity contribution >= 4 is 16.7 Å². The van der Waals surface area contributed by atoms with E-state index in [0.717, 1.165) is 5.56 Å². The molecule has 1 aliphatic rings. The van der Waals surface area contributed by atoms with E-state index in [0.29, 0.717) is 46.1 Å². The molecule has 0 amide bonds. The number of hydrogen-bond acceptors (Lipinski definition) is 7. The molecule has 1 N–H and O–H groups in total. The summed E-state index contributed by atoms with van der Waals surface area (Å²) in [4.78, 5) is 19.6. The predicted octanol–water partition coefficient (Wildman–Crippen LogP) is 3.90. The first kappa shape index (κ1) is 22.0. The number of ether oxygens (including phenoxy) is 1. The summed E-state index contributed by atoms with van der Waals surface area (Å²) in [7, 11) is 1.48. The number of piperazine rings is 1. The lowest BCUT2D eigenvalue weighted by atomic mass is 10.1. The van der Waals surface area contributed by atoms with Crippen LogP contribution in [0.15, 0.2) is 55.0 Å². The summed E-state index contributed by atoms with van der Waals surface area (Å²) in [5, 5.41) is 3.06. The zero-order valence-electron chi connectivity index (χ0n) is 18.2. The van der Waals surface area contributed by atoms with Crippen LogP contribution >= 0.6 is 0 Å². The van der Waals surface area contributed by atoms with Crippen molar-refractivity contribution in [2.45, 2.75) is 12.2 Å². The van der Waals surface area contributed by atoms with E-state index in [1.54, 1.807) is 29.4 Å². The molecule has 3 aromatic heterocycles. The van der Waals surface area contributed by atoms with E-state index in [1.165, 1.54) is 13.3 Å². The van der Waals surface area contributed by atoms with Gasteiger partial charge in [-0.05, 0) is 18.2 Å². The van der Waals surface area contributed by atoms with Crippen molar-refractivity contribution in [3.8, 4) is 28.4 Å². The number of methoxy groups -OCH3 is 1. The molecule has 34 heavy (non-hydrogen) atoms. The number of benzene rings is 1. The molecule has 1 fully saturated rings. The van der Waals surface area contributed by atoms with Gasteiger partial charge < -0.3 is 15.0 Å². The summed E-state index contributed by atoms with van der Waals surface area (Å²) in [5.74, 6) is 1.13. The molecule has 0 saturated carbocycles. The van der Waals surface area contributed by atoms with E-state index in [-0.39, 0.29) is 13.1 Å². The second kappa shape index (κ2) is 8.86. The highest BCUT2D eigenvalue weighted by Gasteiger charge is 2.42. The van der Waals surface area contributed by atoms with Crippen LogP contribution in [0.1, 0.15) is 0 Å². The minimum atomic E-state index is -4.37. The lowest BCUT2D eigenvalue weighted by Gasteiger charge is -2.36. The number of anilines is 1. The van der Waals surface area contributed by atoms with Gasteiger partial charge in [-0.15, -0.1) is 0 Å². The van der Waals surface area contributed by atoms with Gasteiger partial charge >= 0.3 is 6.18 Å². The van der Waals surface area contributed by atoms with Gasteiger partial charge in [-0.3, -0.25) is 9.97 Å². The van der Waals surface area contributed by atoms with Crippen LogP contribution in [0.2, 0.25) is 0 Å². The molecule has 1 aliphatic heterocycles. The van der Waals surface area contributed by atoms with Crippen LogP contribution in [0.3, 0.4) is 0 Å². The summed E-state index contributed by atoms with van der Waals surface area (Å²) in [6, 6.07) is 12.5. The van der Waals surface area contributed by atoms with Gasteiger partial charge in [0.25, 0.3) is 0 Å². The molecule has 4 aromatic rings. The van der Waals surface area contributed by atoms with Gasteiger partial charge in [-0.1, -0.05) is 24.3 Å². The van der Waals surface area contributed by atoms with E-state index in [2.05, 4.69) is 26.3 Å².